The monoisotopic (exact) mass is 545 g/mol. The Morgan fingerprint density at radius 2 is 1.85 bits per heavy atom. The van der Waals surface area contributed by atoms with Crippen LogP contribution in [0.3, 0.4) is 0 Å². The van der Waals surface area contributed by atoms with Crippen LogP contribution in [-0.4, -0.2) is 40.9 Å². The van der Waals surface area contributed by atoms with Crippen LogP contribution in [0.4, 0.5) is 5.69 Å². The Balaban J connectivity index is 1.72. The van der Waals surface area contributed by atoms with Gasteiger partial charge in [0.1, 0.15) is 24.1 Å². The number of nitrogens with zero attached hydrogens (tertiary/aromatic N) is 1. The highest BCUT2D eigenvalue weighted by molar-refractivity contribution is 6.33. The summed E-state index contributed by atoms with van der Waals surface area (Å²) < 4.78 is 11.6. The Hall–Kier alpha value is -4.45. The van der Waals surface area contributed by atoms with Crippen molar-refractivity contribution in [1.82, 2.24) is 9.55 Å². The Labute approximate surface area is 231 Å². The molecule has 0 aliphatic rings. The number of aromatic nitrogens is 2. The third-order valence-corrected chi connectivity index (χ3v) is 6.65. The largest absolute Gasteiger partial charge is 0.493 e. The first-order valence-corrected chi connectivity index (χ1v) is 12.6. The lowest BCUT2D eigenvalue weighted by Gasteiger charge is -2.25. The summed E-state index contributed by atoms with van der Waals surface area (Å²) in [7, 11) is 1.59. The second-order valence-electron chi connectivity index (χ2n) is 8.84. The van der Waals surface area contributed by atoms with E-state index in [1.165, 1.54) is 0 Å². The molecule has 0 bridgehead atoms. The molecule has 0 spiro atoms. The molecule has 4 rings (SSSR count). The number of anilines is 1. The van der Waals surface area contributed by atoms with Crippen molar-refractivity contribution >= 4 is 23.2 Å². The quantitative estimate of drug-likeness (QED) is 0.188. The molecule has 9 heteroatoms. The van der Waals surface area contributed by atoms with Gasteiger partial charge >= 0.3 is 5.69 Å². The van der Waals surface area contributed by atoms with Crippen LogP contribution >= 0.6 is 11.6 Å². The predicted octanol–water partition coefficient (Wildman–Crippen LogP) is 5.19. The molecule has 0 aliphatic heterocycles. The van der Waals surface area contributed by atoms with Gasteiger partial charge in [-0.25, -0.2) is 9.36 Å². The molecular weight excluding hydrogens is 518 g/mol. The molecule has 3 N–H and O–H groups in total. The van der Waals surface area contributed by atoms with Gasteiger partial charge in [-0.05, 0) is 48.0 Å². The summed E-state index contributed by atoms with van der Waals surface area (Å²) in [5.74, 6) is 1.70. The van der Waals surface area contributed by atoms with E-state index in [1.807, 2.05) is 37.3 Å². The normalized spacial score (nSPS) is 12.4. The number of terminal acetylenes is 1. The minimum atomic E-state index is -1.12. The third kappa shape index (κ3) is 6.17. The van der Waals surface area contributed by atoms with Crippen molar-refractivity contribution in [1.29, 1.82) is 0 Å². The van der Waals surface area contributed by atoms with Crippen molar-refractivity contribution in [2.45, 2.75) is 18.9 Å². The average Bonchev–Trinajstić information content (AvgIpc) is 3.24. The summed E-state index contributed by atoms with van der Waals surface area (Å²) in [5, 5.41) is 14.3. The Morgan fingerprint density at radius 1 is 1.13 bits per heavy atom. The van der Waals surface area contributed by atoms with Gasteiger partial charge in [-0.2, -0.15) is 0 Å². The van der Waals surface area contributed by atoms with E-state index in [0.717, 1.165) is 10.1 Å². The van der Waals surface area contributed by atoms with Crippen LogP contribution < -0.4 is 15.7 Å². The molecule has 1 aromatic heterocycles. The molecule has 0 fully saturated rings. The molecule has 2 atom stereocenters. The van der Waals surface area contributed by atoms with Gasteiger partial charge < -0.3 is 24.9 Å². The predicted molar refractivity (Wildman–Crippen MR) is 151 cm³/mol. The summed E-state index contributed by atoms with van der Waals surface area (Å²) in [6.45, 7) is 2.65. The van der Waals surface area contributed by atoms with E-state index in [0.29, 0.717) is 35.8 Å². The average molecular weight is 546 g/mol. The zero-order valence-electron chi connectivity index (χ0n) is 21.5. The van der Waals surface area contributed by atoms with Gasteiger partial charge in [0.15, 0.2) is 0 Å². The number of benzene rings is 3. The maximum Gasteiger partial charge on any atom is 0.329 e. The number of rotatable bonds is 10. The fourth-order valence-electron chi connectivity index (χ4n) is 4.28. The molecule has 0 unspecified atom stereocenters. The van der Waals surface area contributed by atoms with Crippen molar-refractivity contribution in [2.75, 3.05) is 25.6 Å². The Morgan fingerprint density at radius 3 is 2.49 bits per heavy atom. The van der Waals surface area contributed by atoms with E-state index < -0.39 is 23.6 Å². The van der Waals surface area contributed by atoms with Crippen LogP contribution in [0.15, 0.2) is 77.6 Å². The zero-order chi connectivity index (χ0) is 27.9. The van der Waals surface area contributed by atoms with Gasteiger partial charge in [0, 0.05) is 24.2 Å². The molecule has 4 aromatic rings. The summed E-state index contributed by atoms with van der Waals surface area (Å²) >= 11 is 6.35. The topological polar surface area (TPSA) is 106 Å². The number of carbonyl (C=O) groups is 1. The first kappa shape index (κ1) is 27.6. The van der Waals surface area contributed by atoms with E-state index in [-0.39, 0.29) is 16.6 Å². The van der Waals surface area contributed by atoms with Crippen molar-refractivity contribution in [2.24, 2.45) is 0 Å². The smallest absolute Gasteiger partial charge is 0.329 e. The van der Waals surface area contributed by atoms with E-state index in [2.05, 4.69) is 16.2 Å². The molecule has 200 valence electrons. The lowest BCUT2D eigenvalue weighted by molar-refractivity contribution is -0.120. The highest BCUT2D eigenvalue weighted by Crippen LogP contribution is 2.36. The maximum atomic E-state index is 13.7. The summed E-state index contributed by atoms with van der Waals surface area (Å²) in [5.41, 5.74) is 1.78. The Bertz CT molecular complexity index is 1540. The van der Waals surface area contributed by atoms with E-state index in [9.17, 15) is 14.7 Å². The number of methoxy groups -OCH3 is 1. The molecular formula is C30H28ClN3O5. The SMILES string of the molecule is C#Cc1ccc(NC(=O)[C@H]([C@@H](C)c2ccccc2)n2c(O)c(-c3ccc(OCCOC)cc3)[nH]c2=O)c(Cl)c1. The van der Waals surface area contributed by atoms with Crippen LogP contribution in [0.1, 0.15) is 30.0 Å². The number of H-pyrrole nitrogens is 1. The summed E-state index contributed by atoms with van der Waals surface area (Å²) in [6.07, 6.45) is 5.44. The van der Waals surface area contributed by atoms with Gasteiger partial charge in [0.05, 0.1) is 17.3 Å². The van der Waals surface area contributed by atoms with E-state index in [1.54, 1.807) is 49.6 Å². The Kier molecular flexibility index (Phi) is 8.77. The first-order chi connectivity index (χ1) is 18.8. The van der Waals surface area contributed by atoms with Crippen molar-refractivity contribution in [3.05, 3.63) is 99.4 Å². The van der Waals surface area contributed by atoms with Crippen LogP contribution in [0, 0.1) is 12.3 Å². The zero-order valence-corrected chi connectivity index (χ0v) is 22.2. The number of hydrogen-bond donors (Lipinski definition) is 3. The number of halogens is 1. The van der Waals surface area contributed by atoms with Gasteiger partial charge in [-0.3, -0.25) is 4.79 Å². The summed E-state index contributed by atoms with van der Waals surface area (Å²) in [4.78, 5) is 29.7. The number of aromatic amines is 1. The van der Waals surface area contributed by atoms with Gasteiger partial charge in [0.25, 0.3) is 0 Å². The molecule has 1 amide bonds. The number of aromatic hydroxyl groups is 1. The van der Waals surface area contributed by atoms with Gasteiger partial charge in [-0.1, -0.05) is 54.8 Å². The minimum absolute atomic E-state index is 0.179. The highest BCUT2D eigenvalue weighted by atomic mass is 35.5. The molecule has 39 heavy (non-hydrogen) atoms. The number of nitrogens with one attached hydrogen (secondary N) is 2. The van der Waals surface area contributed by atoms with Crippen LogP contribution in [0.5, 0.6) is 11.6 Å². The first-order valence-electron chi connectivity index (χ1n) is 12.2. The second kappa shape index (κ2) is 12.4. The van der Waals surface area contributed by atoms with Crippen molar-refractivity contribution in [3.63, 3.8) is 0 Å². The molecule has 0 saturated carbocycles. The number of hydrogen-bond acceptors (Lipinski definition) is 5. The molecule has 0 radical (unpaired) electrons. The van der Waals surface area contributed by atoms with E-state index >= 15 is 0 Å². The third-order valence-electron chi connectivity index (χ3n) is 6.34. The van der Waals surface area contributed by atoms with Crippen LogP contribution in [-0.2, 0) is 9.53 Å². The van der Waals surface area contributed by atoms with Crippen molar-refractivity contribution in [3.8, 4) is 35.2 Å². The fraction of sp³-hybridized carbons (Fsp3) is 0.200. The number of carbonyl (C=O) groups excluding carboxylic acids is 1. The van der Waals surface area contributed by atoms with E-state index in [4.69, 9.17) is 27.5 Å². The second-order valence-corrected chi connectivity index (χ2v) is 9.24. The number of ether oxygens (including phenoxy) is 2. The maximum absolute atomic E-state index is 13.7. The standard InChI is InChI=1S/C30H28ClN3O5/c1-4-20-10-15-25(24(31)18-20)32-28(35)27(19(2)21-8-6-5-7-9-21)34-29(36)26(33-30(34)37)22-11-13-23(14-12-22)39-17-16-38-3/h1,5-15,18-19,27,36H,16-17H2,2-3H3,(H,32,35)(H,33,37)/t19-,27-/m0/s1. The fourth-order valence-corrected chi connectivity index (χ4v) is 4.51. The van der Waals surface area contributed by atoms with Crippen LogP contribution in [0.25, 0.3) is 11.3 Å². The molecule has 0 saturated heterocycles. The van der Waals surface area contributed by atoms with Crippen LogP contribution in [0.2, 0.25) is 5.02 Å². The lowest BCUT2D eigenvalue weighted by atomic mass is 9.92. The van der Waals surface area contributed by atoms with Gasteiger partial charge in [-0.15, -0.1) is 6.42 Å². The minimum Gasteiger partial charge on any atom is -0.493 e. The van der Waals surface area contributed by atoms with Crippen molar-refractivity contribution < 1.29 is 19.4 Å². The number of amides is 1. The summed E-state index contributed by atoms with van der Waals surface area (Å²) in [6, 6.07) is 19.8. The number of imidazole rings is 1. The molecule has 3 aromatic carbocycles. The van der Waals surface area contributed by atoms with Gasteiger partial charge in [0.2, 0.25) is 11.8 Å². The lowest BCUT2D eigenvalue weighted by Crippen LogP contribution is -2.35. The molecule has 1 heterocycles. The molecule has 0 aliphatic carbocycles. The highest BCUT2D eigenvalue weighted by Gasteiger charge is 2.33. The molecule has 8 nitrogen and oxygen atoms in total.